The van der Waals surface area contributed by atoms with Crippen LogP contribution in [0.2, 0.25) is 0 Å². The van der Waals surface area contributed by atoms with E-state index in [0.717, 1.165) is 0 Å². The quantitative estimate of drug-likeness (QED) is 0.464. The molecular weight excluding hydrogens is 166 g/mol. The Hall–Kier alpha value is -0.570. The zero-order chi connectivity index (χ0) is 8.91. The molecule has 0 aliphatic heterocycles. The molecule has 0 heterocycles. The predicted molar refractivity (Wildman–Crippen MR) is 42.5 cm³/mol. The molecule has 0 bridgehead atoms. The topological polar surface area (TPSA) is 66.4 Å². The largest absolute Gasteiger partial charge is 0.292 e. The van der Waals surface area contributed by atoms with Gasteiger partial charge in [0.1, 0.15) is 0 Å². The molecule has 0 radical (unpaired) electrons. The van der Waals surface area contributed by atoms with Crippen molar-refractivity contribution >= 4 is 10.1 Å². The monoisotopic (exact) mass is 177 g/mol. The van der Waals surface area contributed by atoms with Crippen molar-refractivity contribution in [1.29, 1.82) is 0 Å². The van der Waals surface area contributed by atoms with E-state index < -0.39 is 15.5 Å². The minimum absolute atomic E-state index is 0.444. The minimum atomic E-state index is -4.07. The second-order valence-electron chi connectivity index (χ2n) is 1.85. The Bertz CT molecular complexity index is 259. The number of hydrogen-bond donors (Lipinski definition) is 2. The first kappa shape index (κ1) is 10.4. The van der Waals surface area contributed by atoms with Gasteiger partial charge < -0.3 is 0 Å². The zero-order valence-corrected chi connectivity index (χ0v) is 7.27. The molecule has 2 N–H and O–H groups in total. The van der Waals surface area contributed by atoms with Gasteiger partial charge in [-0.05, 0) is 13.5 Å². The van der Waals surface area contributed by atoms with Gasteiger partial charge in [0.15, 0.2) is 5.37 Å². The Morgan fingerprint density at radius 1 is 1.64 bits per heavy atom. The van der Waals surface area contributed by atoms with E-state index in [0.29, 0.717) is 6.54 Å². The number of rotatable bonds is 3. The molecule has 0 aromatic heterocycles. The molecule has 1 atom stereocenters. The standard InChI is InChI=1S/C6H11NO3S/c1-3-5-6(7-4-2)11(8,9)10/h6-7H,4H2,1-2H3,(H,8,9,10). The molecule has 0 rings (SSSR count). The first-order chi connectivity index (χ1) is 5.02. The van der Waals surface area contributed by atoms with E-state index in [1.807, 2.05) is 0 Å². The third-order valence-corrected chi connectivity index (χ3v) is 1.84. The van der Waals surface area contributed by atoms with Crippen LogP contribution in [0.4, 0.5) is 0 Å². The van der Waals surface area contributed by atoms with Gasteiger partial charge in [-0.2, -0.15) is 8.42 Å². The maximum atomic E-state index is 10.5. The normalized spacial score (nSPS) is 13.4. The van der Waals surface area contributed by atoms with E-state index in [2.05, 4.69) is 17.2 Å². The van der Waals surface area contributed by atoms with E-state index in [1.54, 1.807) is 6.92 Å². The van der Waals surface area contributed by atoms with Crippen molar-refractivity contribution < 1.29 is 13.0 Å². The van der Waals surface area contributed by atoms with Crippen LogP contribution in [0.15, 0.2) is 0 Å². The summed E-state index contributed by atoms with van der Waals surface area (Å²) in [6.07, 6.45) is 0. The summed E-state index contributed by atoms with van der Waals surface area (Å²) in [4.78, 5) is 0. The summed E-state index contributed by atoms with van der Waals surface area (Å²) in [6, 6.07) is 0. The zero-order valence-electron chi connectivity index (χ0n) is 6.46. The SMILES string of the molecule is CC#CC(NCC)S(=O)(=O)O. The molecule has 64 valence electrons. The maximum absolute atomic E-state index is 10.5. The molecule has 0 aromatic rings. The van der Waals surface area contributed by atoms with Crippen LogP contribution in [0.5, 0.6) is 0 Å². The fourth-order valence-corrected chi connectivity index (χ4v) is 1.19. The first-order valence-corrected chi connectivity index (χ1v) is 4.64. The Morgan fingerprint density at radius 3 is 2.45 bits per heavy atom. The van der Waals surface area contributed by atoms with Gasteiger partial charge in [-0.1, -0.05) is 12.8 Å². The summed E-state index contributed by atoms with van der Waals surface area (Å²) in [5, 5.41) is 1.36. The Balaban J connectivity index is 4.44. The van der Waals surface area contributed by atoms with Crippen LogP contribution in [0, 0.1) is 11.8 Å². The molecule has 4 nitrogen and oxygen atoms in total. The molecule has 0 saturated heterocycles. The smallest absolute Gasteiger partial charge is 0.289 e. The maximum Gasteiger partial charge on any atom is 0.292 e. The minimum Gasteiger partial charge on any atom is -0.289 e. The molecule has 0 aromatic carbocycles. The molecule has 1 unspecified atom stereocenters. The van der Waals surface area contributed by atoms with Crippen molar-refractivity contribution in [2.75, 3.05) is 6.54 Å². The van der Waals surface area contributed by atoms with Crippen LogP contribution >= 0.6 is 0 Å². The molecular formula is C6H11NO3S. The van der Waals surface area contributed by atoms with Crippen molar-refractivity contribution in [3.63, 3.8) is 0 Å². The summed E-state index contributed by atoms with van der Waals surface area (Å²) in [7, 11) is -4.07. The lowest BCUT2D eigenvalue weighted by Crippen LogP contribution is -2.34. The highest BCUT2D eigenvalue weighted by Gasteiger charge is 2.17. The third kappa shape index (κ3) is 3.98. The molecule has 5 heteroatoms. The van der Waals surface area contributed by atoms with Gasteiger partial charge in [-0.3, -0.25) is 9.87 Å². The van der Waals surface area contributed by atoms with Crippen LogP contribution in [-0.4, -0.2) is 24.9 Å². The molecule has 0 spiro atoms. The van der Waals surface area contributed by atoms with E-state index in [9.17, 15) is 8.42 Å². The molecule has 11 heavy (non-hydrogen) atoms. The van der Waals surface area contributed by atoms with E-state index in [1.165, 1.54) is 6.92 Å². The van der Waals surface area contributed by atoms with E-state index in [4.69, 9.17) is 4.55 Å². The molecule has 0 saturated carbocycles. The van der Waals surface area contributed by atoms with Crippen LogP contribution in [0.25, 0.3) is 0 Å². The van der Waals surface area contributed by atoms with Gasteiger partial charge in [0.05, 0.1) is 0 Å². The average molecular weight is 177 g/mol. The Labute approximate surface area is 66.7 Å². The second kappa shape index (κ2) is 4.34. The lowest BCUT2D eigenvalue weighted by atomic mass is 10.5. The first-order valence-electron chi connectivity index (χ1n) is 3.14. The highest BCUT2D eigenvalue weighted by molar-refractivity contribution is 7.86. The van der Waals surface area contributed by atoms with Crippen molar-refractivity contribution in [1.82, 2.24) is 5.32 Å². The van der Waals surface area contributed by atoms with Crippen molar-refractivity contribution in [3.8, 4) is 11.8 Å². The summed E-state index contributed by atoms with van der Waals surface area (Å²) in [5.41, 5.74) is 0. The van der Waals surface area contributed by atoms with Crippen LogP contribution in [-0.2, 0) is 10.1 Å². The molecule has 0 aliphatic carbocycles. The molecule has 0 fully saturated rings. The molecule has 0 aliphatic rings. The van der Waals surface area contributed by atoms with Crippen molar-refractivity contribution in [2.24, 2.45) is 0 Å². The summed E-state index contributed by atoms with van der Waals surface area (Å²) in [5.74, 6) is 4.73. The van der Waals surface area contributed by atoms with Gasteiger partial charge in [-0.25, -0.2) is 0 Å². The second-order valence-corrected chi connectivity index (χ2v) is 3.35. The van der Waals surface area contributed by atoms with Gasteiger partial charge >= 0.3 is 0 Å². The lowest BCUT2D eigenvalue weighted by Gasteiger charge is -2.06. The Kier molecular flexibility index (Phi) is 4.11. The van der Waals surface area contributed by atoms with Gasteiger partial charge in [0, 0.05) is 0 Å². The van der Waals surface area contributed by atoms with Gasteiger partial charge in [-0.15, -0.1) is 5.92 Å². The summed E-state index contributed by atoms with van der Waals surface area (Å²) < 4.78 is 29.6. The summed E-state index contributed by atoms with van der Waals surface area (Å²) >= 11 is 0. The average Bonchev–Trinajstić information content (AvgIpc) is 1.85. The Morgan fingerprint density at radius 2 is 2.18 bits per heavy atom. The number of hydrogen-bond acceptors (Lipinski definition) is 3. The highest BCUT2D eigenvalue weighted by Crippen LogP contribution is 1.91. The lowest BCUT2D eigenvalue weighted by molar-refractivity contribution is 0.467. The molecule has 0 amide bonds. The van der Waals surface area contributed by atoms with Gasteiger partial charge in [0.2, 0.25) is 0 Å². The fraction of sp³-hybridized carbons (Fsp3) is 0.667. The van der Waals surface area contributed by atoms with Crippen molar-refractivity contribution in [3.05, 3.63) is 0 Å². The van der Waals surface area contributed by atoms with Crippen LogP contribution < -0.4 is 5.32 Å². The summed E-state index contributed by atoms with van der Waals surface area (Å²) in [6.45, 7) is 3.68. The van der Waals surface area contributed by atoms with E-state index in [-0.39, 0.29) is 0 Å². The predicted octanol–water partition coefficient (Wildman–Crippen LogP) is -0.167. The third-order valence-electron chi connectivity index (χ3n) is 0.963. The van der Waals surface area contributed by atoms with Crippen LogP contribution in [0.1, 0.15) is 13.8 Å². The van der Waals surface area contributed by atoms with Crippen molar-refractivity contribution in [2.45, 2.75) is 19.2 Å². The fourth-order valence-electron chi connectivity index (χ4n) is 0.547. The van der Waals surface area contributed by atoms with Gasteiger partial charge in [0.25, 0.3) is 10.1 Å². The highest BCUT2D eigenvalue weighted by atomic mass is 32.2. The van der Waals surface area contributed by atoms with Crippen LogP contribution in [0.3, 0.4) is 0 Å². The van der Waals surface area contributed by atoms with E-state index >= 15 is 0 Å². The number of nitrogens with one attached hydrogen (secondary N) is 1.